The summed E-state index contributed by atoms with van der Waals surface area (Å²) in [5.41, 5.74) is 1.61. The number of alkyl carbamates (subject to hydrolysis) is 1. The Hall–Kier alpha value is -4.45. The summed E-state index contributed by atoms with van der Waals surface area (Å²) in [6.07, 6.45) is -0.149. The number of methoxy groups -OCH3 is 1. The van der Waals surface area contributed by atoms with Crippen molar-refractivity contribution < 1.29 is 38.6 Å². The van der Waals surface area contributed by atoms with Crippen molar-refractivity contribution in [2.45, 2.75) is 96.7 Å². The number of aliphatic hydroxyl groups excluding tert-OH is 1. The fraction of sp³-hybridized carbons (Fsp3) is 0.528. The van der Waals surface area contributed by atoms with Crippen molar-refractivity contribution in [2.24, 2.45) is 17.8 Å². The first kappa shape index (κ1) is 38.0. The van der Waals surface area contributed by atoms with Crippen molar-refractivity contribution in [1.82, 2.24) is 21.3 Å². The largest absolute Gasteiger partial charge is 0.467 e. The SMILES string of the molecule is CC[C@H](C)[C@H](NC(=O)OCc1ccccc1)C(=O)N[C@@H](Cc1ccccc1)C(=O)NC1CC[C@@H](CC(=O)N[C@H](C(=O)OC)C(C)C)[C@@H]1O. The van der Waals surface area contributed by atoms with E-state index in [1.165, 1.54) is 7.11 Å². The van der Waals surface area contributed by atoms with Crippen LogP contribution in [0.1, 0.15) is 64.5 Å². The Bertz CT molecular complexity index is 1360. The van der Waals surface area contributed by atoms with Crippen molar-refractivity contribution in [3.8, 4) is 0 Å². The average molecular weight is 667 g/mol. The second kappa shape index (κ2) is 18.8. The number of nitrogens with one attached hydrogen (secondary N) is 4. The minimum atomic E-state index is -1.02. The van der Waals surface area contributed by atoms with Gasteiger partial charge < -0.3 is 35.8 Å². The first-order chi connectivity index (χ1) is 22.9. The molecule has 2 aromatic carbocycles. The lowest BCUT2D eigenvalue weighted by Gasteiger charge is -2.28. The molecule has 2 aromatic rings. The van der Waals surface area contributed by atoms with E-state index in [9.17, 15) is 29.1 Å². The van der Waals surface area contributed by atoms with Crippen LogP contribution >= 0.6 is 0 Å². The summed E-state index contributed by atoms with van der Waals surface area (Å²) < 4.78 is 10.1. The van der Waals surface area contributed by atoms with Gasteiger partial charge in [0.1, 0.15) is 24.7 Å². The van der Waals surface area contributed by atoms with Gasteiger partial charge in [-0.15, -0.1) is 0 Å². The van der Waals surface area contributed by atoms with Gasteiger partial charge >= 0.3 is 12.1 Å². The molecule has 0 heterocycles. The van der Waals surface area contributed by atoms with E-state index in [-0.39, 0.29) is 31.3 Å². The Kier molecular flexibility index (Phi) is 14.9. The summed E-state index contributed by atoms with van der Waals surface area (Å²) in [7, 11) is 1.26. The molecule has 0 bridgehead atoms. The van der Waals surface area contributed by atoms with Crippen LogP contribution in [0.5, 0.6) is 0 Å². The average Bonchev–Trinajstić information content (AvgIpc) is 3.42. The van der Waals surface area contributed by atoms with Gasteiger partial charge in [-0.3, -0.25) is 14.4 Å². The van der Waals surface area contributed by atoms with Gasteiger partial charge in [0.15, 0.2) is 0 Å². The topological polar surface area (TPSA) is 172 Å². The molecule has 0 radical (unpaired) electrons. The summed E-state index contributed by atoms with van der Waals surface area (Å²) in [5, 5.41) is 22.2. The molecule has 0 saturated heterocycles. The van der Waals surface area contributed by atoms with Crippen LogP contribution in [-0.2, 0) is 41.7 Å². The van der Waals surface area contributed by atoms with E-state index in [4.69, 9.17) is 9.47 Å². The molecule has 0 aliphatic heterocycles. The minimum Gasteiger partial charge on any atom is -0.467 e. The number of amides is 4. The number of aliphatic hydroxyl groups is 1. The van der Waals surface area contributed by atoms with Crippen LogP contribution in [0.3, 0.4) is 0 Å². The van der Waals surface area contributed by atoms with Crippen molar-refractivity contribution in [2.75, 3.05) is 7.11 Å². The molecular weight excluding hydrogens is 616 g/mol. The highest BCUT2D eigenvalue weighted by Crippen LogP contribution is 2.29. The monoisotopic (exact) mass is 666 g/mol. The molecule has 0 aromatic heterocycles. The molecule has 0 spiro atoms. The van der Waals surface area contributed by atoms with E-state index in [0.29, 0.717) is 19.3 Å². The Labute approximate surface area is 282 Å². The van der Waals surface area contributed by atoms with Gasteiger partial charge in [-0.2, -0.15) is 0 Å². The molecular formula is C36H50N4O8. The summed E-state index contributed by atoms with van der Waals surface area (Å²) in [4.78, 5) is 64.9. The third-order valence-corrected chi connectivity index (χ3v) is 8.85. The Morgan fingerprint density at radius 1 is 0.833 bits per heavy atom. The molecule has 7 atom stereocenters. The number of benzene rings is 2. The number of rotatable bonds is 16. The van der Waals surface area contributed by atoms with Crippen LogP contribution in [0, 0.1) is 17.8 Å². The van der Waals surface area contributed by atoms with Crippen LogP contribution in [0.25, 0.3) is 0 Å². The highest BCUT2D eigenvalue weighted by molar-refractivity contribution is 5.92. The molecule has 4 amide bonds. The lowest BCUT2D eigenvalue weighted by atomic mass is 9.97. The van der Waals surface area contributed by atoms with Crippen molar-refractivity contribution in [3.63, 3.8) is 0 Å². The molecule has 3 rings (SSSR count). The van der Waals surface area contributed by atoms with Crippen molar-refractivity contribution in [3.05, 3.63) is 71.8 Å². The van der Waals surface area contributed by atoms with E-state index in [0.717, 1.165) is 11.1 Å². The second-order valence-electron chi connectivity index (χ2n) is 12.8. The molecule has 1 aliphatic rings. The molecule has 12 heteroatoms. The number of hydrogen-bond acceptors (Lipinski definition) is 8. The van der Waals surface area contributed by atoms with Crippen molar-refractivity contribution >= 4 is 29.8 Å². The normalized spacial score (nSPS) is 19.7. The lowest BCUT2D eigenvalue weighted by molar-refractivity contribution is -0.146. The fourth-order valence-electron chi connectivity index (χ4n) is 5.74. The molecule has 1 aliphatic carbocycles. The molecule has 12 nitrogen and oxygen atoms in total. The summed E-state index contributed by atoms with van der Waals surface area (Å²) >= 11 is 0. The minimum absolute atomic E-state index is 0.0272. The number of carbonyl (C=O) groups is 5. The maximum absolute atomic E-state index is 13.7. The zero-order valence-electron chi connectivity index (χ0n) is 28.4. The Morgan fingerprint density at radius 3 is 2.04 bits per heavy atom. The fourth-order valence-corrected chi connectivity index (χ4v) is 5.74. The Morgan fingerprint density at radius 2 is 1.46 bits per heavy atom. The van der Waals surface area contributed by atoms with E-state index in [2.05, 4.69) is 21.3 Å². The Balaban J connectivity index is 1.67. The highest BCUT2D eigenvalue weighted by atomic mass is 16.5. The van der Waals surface area contributed by atoms with E-state index in [1.807, 2.05) is 74.5 Å². The first-order valence-corrected chi connectivity index (χ1v) is 16.6. The highest BCUT2D eigenvalue weighted by Gasteiger charge is 2.39. The number of esters is 1. The van der Waals surface area contributed by atoms with E-state index < -0.39 is 66.0 Å². The van der Waals surface area contributed by atoms with Crippen molar-refractivity contribution in [1.29, 1.82) is 0 Å². The number of ether oxygens (including phenoxy) is 2. The molecule has 262 valence electrons. The van der Waals surface area contributed by atoms with Crippen LogP contribution in [0.2, 0.25) is 0 Å². The van der Waals surface area contributed by atoms with Gasteiger partial charge in [-0.1, -0.05) is 94.8 Å². The van der Waals surface area contributed by atoms with Gasteiger partial charge in [-0.05, 0) is 41.7 Å². The van der Waals surface area contributed by atoms with Gasteiger partial charge in [0.05, 0.1) is 19.3 Å². The number of hydrogen-bond donors (Lipinski definition) is 5. The second-order valence-corrected chi connectivity index (χ2v) is 12.8. The van der Waals surface area contributed by atoms with Gasteiger partial charge in [0.25, 0.3) is 0 Å². The quantitative estimate of drug-likeness (QED) is 0.170. The zero-order chi connectivity index (χ0) is 35.2. The van der Waals surface area contributed by atoms with Crippen LogP contribution in [0.15, 0.2) is 60.7 Å². The van der Waals surface area contributed by atoms with Gasteiger partial charge in [0.2, 0.25) is 17.7 Å². The third kappa shape index (κ3) is 11.4. The standard InChI is InChI=1S/C36H50N4O8/c1-6-23(4)31(40-36(46)48-21-25-15-11-8-12-16-25)34(44)38-28(19-24-13-9-7-10-14-24)33(43)37-27-18-17-26(32(27)42)20-29(41)39-30(22(2)3)35(45)47-5/h7-16,22-23,26-28,30-32,42H,6,17-21H2,1-5H3,(H,37,43)(H,38,44)(H,39,41)(H,40,46)/t23-,26-,27?,28-,30-,31-,32-/m0/s1. The molecule has 1 fully saturated rings. The lowest BCUT2D eigenvalue weighted by Crippen LogP contribution is -2.57. The predicted octanol–water partition coefficient (Wildman–Crippen LogP) is 3.01. The zero-order valence-corrected chi connectivity index (χ0v) is 28.4. The maximum atomic E-state index is 13.7. The molecule has 1 unspecified atom stereocenters. The van der Waals surface area contributed by atoms with E-state index in [1.54, 1.807) is 13.8 Å². The first-order valence-electron chi connectivity index (χ1n) is 16.6. The predicted molar refractivity (Wildman–Crippen MR) is 179 cm³/mol. The summed E-state index contributed by atoms with van der Waals surface area (Å²) in [6, 6.07) is 14.9. The maximum Gasteiger partial charge on any atom is 0.408 e. The van der Waals surface area contributed by atoms with Crippen LogP contribution in [-0.4, -0.2) is 72.3 Å². The third-order valence-electron chi connectivity index (χ3n) is 8.85. The van der Waals surface area contributed by atoms with Gasteiger partial charge in [-0.25, -0.2) is 9.59 Å². The smallest absolute Gasteiger partial charge is 0.408 e. The molecule has 1 saturated carbocycles. The summed E-state index contributed by atoms with van der Waals surface area (Å²) in [5.74, 6) is -2.87. The number of carbonyl (C=O) groups excluding carboxylic acids is 5. The van der Waals surface area contributed by atoms with Gasteiger partial charge in [0, 0.05) is 12.8 Å². The molecule has 5 N–H and O–H groups in total. The van der Waals surface area contributed by atoms with Crippen LogP contribution in [0.4, 0.5) is 4.79 Å². The van der Waals surface area contributed by atoms with Crippen LogP contribution < -0.4 is 21.3 Å². The van der Waals surface area contributed by atoms with E-state index >= 15 is 0 Å². The summed E-state index contributed by atoms with van der Waals surface area (Å²) in [6.45, 7) is 7.35. The molecule has 48 heavy (non-hydrogen) atoms.